The van der Waals surface area contributed by atoms with Crippen LogP contribution >= 0.6 is 22.9 Å². The number of anilines is 1. The second-order valence-corrected chi connectivity index (χ2v) is 7.22. The second kappa shape index (κ2) is 6.15. The van der Waals surface area contributed by atoms with Crippen molar-refractivity contribution in [2.24, 2.45) is 5.41 Å². The summed E-state index contributed by atoms with van der Waals surface area (Å²) in [5.41, 5.74) is 1.18. The van der Waals surface area contributed by atoms with Gasteiger partial charge in [0.25, 0.3) is 0 Å². The molecule has 5 heteroatoms. The van der Waals surface area contributed by atoms with Crippen LogP contribution in [-0.4, -0.2) is 11.8 Å². The van der Waals surface area contributed by atoms with E-state index < -0.39 is 5.41 Å². The van der Waals surface area contributed by atoms with Gasteiger partial charge in [0, 0.05) is 10.8 Å². The topological polar surface area (TPSA) is 52.9 Å². The molecule has 0 fully saturated rings. The SMILES string of the molecule is CC(C)(CCl)C(=O)Nc1sc2c(c1C#N)CCCCC2. The van der Waals surface area contributed by atoms with Crippen LogP contribution < -0.4 is 5.32 Å². The Hall–Kier alpha value is -1.05. The highest BCUT2D eigenvalue weighted by Crippen LogP contribution is 2.37. The third-order valence-corrected chi connectivity index (χ3v) is 5.58. The van der Waals surface area contributed by atoms with Crippen molar-refractivity contribution in [3.8, 4) is 6.07 Å². The first-order valence-electron chi connectivity index (χ1n) is 6.91. The quantitative estimate of drug-likeness (QED) is 0.675. The van der Waals surface area contributed by atoms with Gasteiger partial charge in [-0.1, -0.05) is 6.42 Å². The molecule has 0 unspecified atom stereocenters. The number of fused-ring (bicyclic) bond motifs is 1. The van der Waals surface area contributed by atoms with Gasteiger partial charge in [-0.2, -0.15) is 5.26 Å². The van der Waals surface area contributed by atoms with Crippen LogP contribution in [0.25, 0.3) is 0 Å². The third-order valence-electron chi connectivity index (χ3n) is 3.71. The molecule has 2 rings (SSSR count). The molecule has 1 N–H and O–H groups in total. The summed E-state index contributed by atoms with van der Waals surface area (Å²) in [7, 11) is 0. The standard InChI is InChI=1S/C15H19ClN2OS/c1-15(2,9-16)14(19)18-13-11(8-17)10-6-4-3-5-7-12(10)20-13/h3-7,9H2,1-2H3,(H,18,19). The van der Waals surface area contributed by atoms with Crippen molar-refractivity contribution in [2.45, 2.75) is 46.0 Å². The third kappa shape index (κ3) is 2.99. The molecule has 1 aliphatic rings. The molecule has 1 amide bonds. The molecular formula is C15H19ClN2OS. The van der Waals surface area contributed by atoms with E-state index in [1.807, 2.05) is 0 Å². The Balaban J connectivity index is 2.30. The van der Waals surface area contributed by atoms with Crippen LogP contribution in [0.2, 0.25) is 0 Å². The van der Waals surface area contributed by atoms with Crippen molar-refractivity contribution in [2.75, 3.05) is 11.2 Å². The van der Waals surface area contributed by atoms with Crippen LogP contribution in [0, 0.1) is 16.7 Å². The molecule has 1 heterocycles. The summed E-state index contributed by atoms with van der Waals surface area (Å²) in [4.78, 5) is 13.5. The van der Waals surface area contributed by atoms with Crippen LogP contribution in [0.4, 0.5) is 5.00 Å². The Morgan fingerprint density at radius 1 is 1.40 bits per heavy atom. The maximum absolute atomic E-state index is 12.2. The lowest BCUT2D eigenvalue weighted by molar-refractivity contribution is -0.122. The lowest BCUT2D eigenvalue weighted by atomic mass is 9.95. The van der Waals surface area contributed by atoms with E-state index in [9.17, 15) is 10.1 Å². The fourth-order valence-electron chi connectivity index (χ4n) is 2.28. The zero-order valence-corrected chi connectivity index (χ0v) is 13.5. The minimum atomic E-state index is -0.629. The fourth-order valence-corrected chi connectivity index (χ4v) is 3.64. The molecule has 1 aliphatic carbocycles. The largest absolute Gasteiger partial charge is 0.316 e. The number of rotatable bonds is 3. The van der Waals surface area contributed by atoms with Crippen LogP contribution in [0.15, 0.2) is 0 Å². The first-order valence-corrected chi connectivity index (χ1v) is 8.26. The molecular weight excluding hydrogens is 292 g/mol. The molecule has 1 aromatic heterocycles. The van der Waals surface area contributed by atoms with Crippen LogP contribution in [0.5, 0.6) is 0 Å². The minimum absolute atomic E-state index is 0.125. The van der Waals surface area contributed by atoms with Crippen molar-refractivity contribution in [3.63, 3.8) is 0 Å². The Morgan fingerprint density at radius 3 is 2.75 bits per heavy atom. The molecule has 0 aliphatic heterocycles. The lowest BCUT2D eigenvalue weighted by Crippen LogP contribution is -2.32. The highest BCUT2D eigenvalue weighted by Gasteiger charge is 2.29. The molecule has 0 radical (unpaired) electrons. The van der Waals surface area contributed by atoms with E-state index in [-0.39, 0.29) is 11.8 Å². The minimum Gasteiger partial charge on any atom is -0.316 e. The average Bonchev–Trinajstić information content (AvgIpc) is 2.59. The first kappa shape index (κ1) is 15.3. The van der Waals surface area contributed by atoms with Gasteiger partial charge in [0.2, 0.25) is 5.91 Å². The number of hydrogen-bond acceptors (Lipinski definition) is 3. The zero-order chi connectivity index (χ0) is 14.8. The number of nitriles is 1. The summed E-state index contributed by atoms with van der Waals surface area (Å²) in [6.45, 7) is 3.61. The molecule has 3 nitrogen and oxygen atoms in total. The summed E-state index contributed by atoms with van der Waals surface area (Å²) in [6, 6.07) is 2.27. The molecule has 0 atom stereocenters. The number of amides is 1. The van der Waals surface area contributed by atoms with Gasteiger partial charge in [0.05, 0.1) is 11.0 Å². The Bertz CT molecular complexity index is 557. The summed E-state index contributed by atoms with van der Waals surface area (Å²) >= 11 is 7.39. The van der Waals surface area contributed by atoms with Crippen molar-refractivity contribution < 1.29 is 4.79 Å². The number of aryl methyl sites for hydroxylation is 1. The van der Waals surface area contributed by atoms with E-state index in [1.165, 1.54) is 17.7 Å². The molecule has 0 bridgehead atoms. The van der Waals surface area contributed by atoms with Gasteiger partial charge in [-0.05, 0) is 45.1 Å². The maximum atomic E-state index is 12.2. The van der Waals surface area contributed by atoms with E-state index in [2.05, 4.69) is 11.4 Å². The van der Waals surface area contributed by atoms with Gasteiger partial charge in [-0.3, -0.25) is 4.79 Å². The molecule has 20 heavy (non-hydrogen) atoms. The molecule has 0 aromatic carbocycles. The van der Waals surface area contributed by atoms with E-state index >= 15 is 0 Å². The number of hydrogen-bond donors (Lipinski definition) is 1. The monoisotopic (exact) mass is 310 g/mol. The number of carbonyl (C=O) groups is 1. The Labute approximate surface area is 128 Å². The maximum Gasteiger partial charge on any atom is 0.231 e. The van der Waals surface area contributed by atoms with Gasteiger partial charge < -0.3 is 5.32 Å². The van der Waals surface area contributed by atoms with Gasteiger partial charge >= 0.3 is 0 Å². The number of alkyl halides is 1. The van der Waals surface area contributed by atoms with Crippen molar-refractivity contribution >= 4 is 33.8 Å². The summed E-state index contributed by atoms with van der Waals surface area (Å²) in [5.74, 6) is 0.131. The van der Waals surface area contributed by atoms with Gasteiger partial charge in [-0.25, -0.2) is 0 Å². The van der Waals surface area contributed by atoms with Crippen LogP contribution in [-0.2, 0) is 17.6 Å². The van der Waals surface area contributed by atoms with Crippen molar-refractivity contribution in [3.05, 3.63) is 16.0 Å². The number of carbonyl (C=O) groups excluding carboxylic acids is 1. The Kier molecular flexibility index (Phi) is 4.72. The summed E-state index contributed by atoms with van der Waals surface area (Å²) < 4.78 is 0. The first-order chi connectivity index (χ1) is 9.49. The van der Waals surface area contributed by atoms with E-state index in [0.717, 1.165) is 24.8 Å². The number of nitrogens with one attached hydrogen (secondary N) is 1. The van der Waals surface area contributed by atoms with Gasteiger partial charge in [0.15, 0.2) is 0 Å². The fraction of sp³-hybridized carbons (Fsp3) is 0.600. The number of halogens is 1. The van der Waals surface area contributed by atoms with E-state index in [1.54, 1.807) is 25.2 Å². The van der Waals surface area contributed by atoms with Crippen molar-refractivity contribution in [1.82, 2.24) is 0 Å². The molecule has 1 aromatic rings. The molecule has 0 spiro atoms. The average molecular weight is 311 g/mol. The predicted octanol–water partition coefficient (Wildman–Crippen LogP) is 4.09. The molecule has 0 saturated heterocycles. The second-order valence-electron chi connectivity index (χ2n) is 5.85. The summed E-state index contributed by atoms with van der Waals surface area (Å²) in [5, 5.41) is 13.0. The molecule has 108 valence electrons. The van der Waals surface area contributed by atoms with Gasteiger partial charge in [0.1, 0.15) is 11.1 Å². The lowest BCUT2D eigenvalue weighted by Gasteiger charge is -2.19. The normalized spacial score (nSPS) is 15.1. The number of nitrogens with zero attached hydrogens (tertiary/aromatic N) is 1. The van der Waals surface area contributed by atoms with Crippen LogP contribution in [0.3, 0.4) is 0 Å². The summed E-state index contributed by atoms with van der Waals surface area (Å²) in [6.07, 6.45) is 5.47. The highest BCUT2D eigenvalue weighted by molar-refractivity contribution is 7.16. The van der Waals surface area contributed by atoms with Gasteiger partial charge in [-0.15, -0.1) is 22.9 Å². The van der Waals surface area contributed by atoms with Crippen LogP contribution in [0.1, 0.15) is 49.1 Å². The number of thiophene rings is 1. The predicted molar refractivity (Wildman–Crippen MR) is 83.4 cm³/mol. The molecule has 0 saturated carbocycles. The highest BCUT2D eigenvalue weighted by atomic mass is 35.5. The zero-order valence-electron chi connectivity index (χ0n) is 11.9. The smallest absolute Gasteiger partial charge is 0.231 e. The van der Waals surface area contributed by atoms with E-state index in [0.29, 0.717) is 10.6 Å². The van der Waals surface area contributed by atoms with Crippen molar-refractivity contribution in [1.29, 1.82) is 5.26 Å². The van der Waals surface area contributed by atoms with E-state index in [4.69, 9.17) is 11.6 Å². The Morgan fingerprint density at radius 2 is 2.10 bits per heavy atom.